The second-order valence-corrected chi connectivity index (χ2v) is 14.8. The summed E-state index contributed by atoms with van der Waals surface area (Å²) in [6.45, 7) is 3.04. The van der Waals surface area contributed by atoms with Crippen LogP contribution in [0.25, 0.3) is 22.3 Å². The molecule has 0 radical (unpaired) electrons. The quantitative estimate of drug-likeness (QED) is 0.142. The number of allylic oxidation sites excluding steroid dienone is 4. The van der Waals surface area contributed by atoms with Gasteiger partial charge in [-0.25, -0.2) is 9.98 Å². The minimum atomic E-state index is 0.760. The number of benzene rings is 4. The van der Waals surface area contributed by atoms with Crippen LogP contribution in [-0.4, -0.2) is 49.4 Å². The second kappa shape index (κ2) is 16.5. The van der Waals surface area contributed by atoms with E-state index in [1.54, 1.807) is 28.4 Å². The molecule has 1 N–H and O–H groups in total. The minimum Gasteiger partial charge on any atom is -0.497 e. The van der Waals surface area contributed by atoms with Crippen LogP contribution in [0.4, 0.5) is 0 Å². The molecule has 8 bridgehead atoms. The van der Waals surface area contributed by atoms with Gasteiger partial charge in [-0.05, 0) is 120 Å². The van der Waals surface area contributed by atoms with E-state index >= 15 is 0 Å². The SMILES string of the molecule is CCCCn1cc2cc1/C(c1cccc(OC)c1)=C1/C=CC(=N1)/C(c1cccc(OC)c1)=c1/cc/c([nH]1)=C(\c1cccc(OC)c1)C1=N/C(=C\2c2cccc(OC)c2)C=C1. The lowest BCUT2D eigenvalue weighted by Crippen LogP contribution is -2.21. The fourth-order valence-corrected chi connectivity index (χ4v) is 8.23. The van der Waals surface area contributed by atoms with Crippen molar-refractivity contribution in [3.8, 4) is 23.0 Å². The Balaban J connectivity index is 1.44. The number of hydrogen-bond donors (Lipinski definition) is 1. The number of nitrogens with zero attached hydrogens (tertiary/aromatic N) is 3. The van der Waals surface area contributed by atoms with Gasteiger partial charge in [0.1, 0.15) is 23.0 Å². The molecule has 6 aromatic rings. The number of aromatic nitrogens is 2. The predicted molar refractivity (Wildman–Crippen MR) is 242 cm³/mol. The molecule has 8 heteroatoms. The van der Waals surface area contributed by atoms with Gasteiger partial charge in [0.15, 0.2) is 0 Å². The van der Waals surface area contributed by atoms with Crippen LogP contribution in [0.2, 0.25) is 0 Å². The van der Waals surface area contributed by atoms with Gasteiger partial charge in [0.05, 0.1) is 57.0 Å². The van der Waals surface area contributed by atoms with Crippen molar-refractivity contribution in [3.05, 3.63) is 201 Å². The van der Waals surface area contributed by atoms with Crippen molar-refractivity contribution in [1.29, 1.82) is 0 Å². The van der Waals surface area contributed by atoms with Gasteiger partial charge >= 0.3 is 0 Å². The Morgan fingerprint density at radius 2 is 0.917 bits per heavy atom. The number of fused-ring (bicyclic) bond motifs is 6. The topological polar surface area (TPSA) is 82.4 Å². The lowest BCUT2D eigenvalue weighted by atomic mass is 9.95. The summed E-state index contributed by atoms with van der Waals surface area (Å²) < 4.78 is 25.4. The minimum absolute atomic E-state index is 0.760. The first-order valence-electron chi connectivity index (χ1n) is 20.2. The zero-order valence-electron chi connectivity index (χ0n) is 34.5. The zero-order chi connectivity index (χ0) is 41.2. The Morgan fingerprint density at radius 1 is 0.483 bits per heavy atom. The fraction of sp³-hybridized carbons (Fsp3) is 0.154. The predicted octanol–water partition coefficient (Wildman–Crippen LogP) is 9.30. The lowest BCUT2D eigenvalue weighted by molar-refractivity contribution is 0.414. The molecular weight excluding hydrogens is 745 g/mol. The molecular formula is C52H46N4O4. The average Bonchev–Trinajstić information content (AvgIpc) is 4.14. The Morgan fingerprint density at radius 3 is 1.37 bits per heavy atom. The maximum Gasteiger partial charge on any atom is 0.119 e. The lowest BCUT2D eigenvalue weighted by Gasteiger charge is -2.15. The molecule has 0 atom stereocenters. The van der Waals surface area contributed by atoms with Crippen molar-refractivity contribution >= 4 is 33.7 Å². The van der Waals surface area contributed by atoms with Gasteiger partial charge in [-0.2, -0.15) is 0 Å². The Hall–Kier alpha value is -7.32. The highest BCUT2D eigenvalue weighted by molar-refractivity contribution is 6.31. The third-order valence-corrected chi connectivity index (χ3v) is 11.2. The van der Waals surface area contributed by atoms with E-state index in [4.69, 9.17) is 28.9 Å². The Bertz CT molecular complexity index is 2970. The molecule has 0 amide bonds. The first-order chi connectivity index (χ1) is 29.5. The van der Waals surface area contributed by atoms with Crippen molar-refractivity contribution in [2.45, 2.75) is 26.3 Å². The highest BCUT2D eigenvalue weighted by atomic mass is 16.5. The van der Waals surface area contributed by atoms with E-state index in [0.717, 1.165) is 132 Å². The van der Waals surface area contributed by atoms with Crippen LogP contribution in [-0.2, 0) is 6.54 Å². The van der Waals surface area contributed by atoms with E-state index in [0.29, 0.717) is 0 Å². The van der Waals surface area contributed by atoms with Crippen molar-refractivity contribution in [2.75, 3.05) is 28.4 Å². The number of aryl methyl sites for hydroxylation is 1. The normalized spacial score (nSPS) is 18.7. The first-order valence-corrected chi connectivity index (χ1v) is 20.2. The molecule has 0 saturated carbocycles. The largest absolute Gasteiger partial charge is 0.497 e. The molecule has 2 aromatic heterocycles. The summed E-state index contributed by atoms with van der Waals surface area (Å²) in [5.74, 6) is 3.06. The number of ether oxygens (including phenoxy) is 4. The van der Waals surface area contributed by atoms with Crippen LogP contribution in [0, 0.1) is 0 Å². The third kappa shape index (κ3) is 7.21. The van der Waals surface area contributed by atoms with E-state index in [-0.39, 0.29) is 0 Å². The van der Waals surface area contributed by atoms with E-state index in [1.165, 1.54) is 0 Å². The molecule has 298 valence electrons. The van der Waals surface area contributed by atoms with E-state index in [2.05, 4.69) is 114 Å². The van der Waals surface area contributed by atoms with Crippen molar-refractivity contribution in [2.24, 2.45) is 9.98 Å². The van der Waals surface area contributed by atoms with Crippen LogP contribution in [0.3, 0.4) is 0 Å². The molecule has 0 saturated heterocycles. The standard InChI is InChI=1S/C52H46N4O4/c1-6-7-26-56-32-37-31-48(56)52(36-15-11-19-41(30-36)60-5)47-25-24-46(55-47)51(35-14-10-18-40(29-35)59-4)45-23-22-44(54-45)50(34-13-9-17-39(28-34)58-3)43-21-20-42(53-43)49(37)33-12-8-16-38(27-33)57-2/h8-25,27-32,54H,6-7,26H2,1-5H3/b49-42-,50-44-,51-45-,52-47-. The molecule has 60 heavy (non-hydrogen) atoms. The fourth-order valence-electron chi connectivity index (χ4n) is 8.23. The van der Waals surface area contributed by atoms with Crippen LogP contribution in [0.15, 0.2) is 167 Å². The zero-order valence-corrected chi connectivity index (χ0v) is 34.5. The molecule has 3 aliphatic heterocycles. The van der Waals surface area contributed by atoms with Gasteiger partial charge in [0, 0.05) is 51.3 Å². The van der Waals surface area contributed by atoms with Gasteiger partial charge in [-0.15, -0.1) is 0 Å². The average molecular weight is 791 g/mol. The van der Waals surface area contributed by atoms with Gasteiger partial charge < -0.3 is 28.5 Å². The summed E-state index contributed by atoms with van der Waals surface area (Å²) in [6.07, 6.45) is 12.8. The van der Waals surface area contributed by atoms with Gasteiger partial charge in [0.25, 0.3) is 0 Å². The molecule has 9 rings (SSSR count). The van der Waals surface area contributed by atoms with Crippen LogP contribution < -0.4 is 29.6 Å². The van der Waals surface area contributed by atoms with Crippen LogP contribution in [0.1, 0.15) is 53.3 Å². The number of aliphatic imine (C=N–C) groups is 2. The monoisotopic (exact) mass is 790 g/mol. The van der Waals surface area contributed by atoms with Crippen LogP contribution >= 0.6 is 0 Å². The number of methoxy groups -OCH3 is 4. The smallest absolute Gasteiger partial charge is 0.119 e. The number of hydrogen-bond acceptors (Lipinski definition) is 6. The number of aromatic amines is 1. The summed E-state index contributed by atoms with van der Waals surface area (Å²) >= 11 is 0. The number of rotatable bonds is 11. The van der Waals surface area contributed by atoms with Gasteiger partial charge in [-0.3, -0.25) is 0 Å². The van der Waals surface area contributed by atoms with Crippen molar-refractivity contribution in [3.63, 3.8) is 0 Å². The summed E-state index contributed by atoms with van der Waals surface area (Å²) in [7, 11) is 6.80. The highest BCUT2D eigenvalue weighted by Gasteiger charge is 2.26. The Labute approximate surface area is 350 Å². The molecule has 0 fully saturated rings. The molecule has 0 spiro atoms. The molecule has 8 nitrogen and oxygen atoms in total. The van der Waals surface area contributed by atoms with Crippen molar-refractivity contribution < 1.29 is 18.9 Å². The van der Waals surface area contributed by atoms with E-state index < -0.39 is 0 Å². The molecule has 0 unspecified atom stereocenters. The van der Waals surface area contributed by atoms with Gasteiger partial charge in [-0.1, -0.05) is 61.9 Å². The number of unbranched alkanes of at least 4 members (excludes halogenated alkanes) is 1. The van der Waals surface area contributed by atoms with E-state index in [9.17, 15) is 0 Å². The third-order valence-electron chi connectivity index (χ3n) is 11.2. The second-order valence-electron chi connectivity index (χ2n) is 14.8. The summed E-state index contributed by atoms with van der Waals surface area (Å²) in [5.41, 5.74) is 13.3. The van der Waals surface area contributed by atoms with Crippen LogP contribution in [0.5, 0.6) is 23.0 Å². The molecule has 0 aliphatic carbocycles. The van der Waals surface area contributed by atoms with Gasteiger partial charge in [0.2, 0.25) is 0 Å². The summed E-state index contributed by atoms with van der Waals surface area (Å²) in [6, 6.07) is 39.3. The number of nitrogens with one attached hydrogen (secondary N) is 1. The van der Waals surface area contributed by atoms with E-state index in [1.807, 2.05) is 48.5 Å². The molecule has 5 heterocycles. The number of H-pyrrole nitrogens is 1. The maximum atomic E-state index is 5.79. The maximum absolute atomic E-state index is 5.79. The Kier molecular flexibility index (Phi) is 10.5. The molecule has 4 aromatic carbocycles. The molecule has 3 aliphatic rings. The highest BCUT2D eigenvalue weighted by Crippen LogP contribution is 2.40. The van der Waals surface area contributed by atoms with Crippen molar-refractivity contribution in [1.82, 2.24) is 9.55 Å². The summed E-state index contributed by atoms with van der Waals surface area (Å²) in [5, 5.41) is 1.81. The summed E-state index contributed by atoms with van der Waals surface area (Å²) in [4.78, 5) is 14.8. The first kappa shape index (κ1) is 38.2.